The summed E-state index contributed by atoms with van der Waals surface area (Å²) < 4.78 is 12.9. The third-order valence-electron chi connectivity index (χ3n) is 2.42. The van der Waals surface area contributed by atoms with Gasteiger partial charge in [0.25, 0.3) is 0 Å². The minimum absolute atomic E-state index is 0.000408. The Hall–Kier alpha value is -1.62. The van der Waals surface area contributed by atoms with E-state index in [1.165, 1.54) is 18.2 Å². The van der Waals surface area contributed by atoms with Crippen LogP contribution in [0.1, 0.15) is 31.4 Å². The van der Waals surface area contributed by atoms with Crippen molar-refractivity contribution >= 4 is 11.6 Å². The van der Waals surface area contributed by atoms with Crippen LogP contribution in [0.2, 0.25) is 0 Å². The van der Waals surface area contributed by atoms with E-state index in [2.05, 4.69) is 5.32 Å². The average molecular weight is 240 g/mol. The van der Waals surface area contributed by atoms with Gasteiger partial charge in [-0.25, -0.2) is 4.39 Å². The van der Waals surface area contributed by atoms with Gasteiger partial charge in [0, 0.05) is 13.0 Å². The van der Waals surface area contributed by atoms with Crippen LogP contribution in [0.5, 0.6) is 0 Å². The Morgan fingerprint density at radius 2 is 2.29 bits per heavy atom. The van der Waals surface area contributed by atoms with E-state index in [0.717, 1.165) is 0 Å². The lowest BCUT2D eigenvalue weighted by atomic mass is 10.0. The first kappa shape index (κ1) is 13.4. The first-order chi connectivity index (χ1) is 8.04. The van der Waals surface area contributed by atoms with Gasteiger partial charge < -0.3 is 16.2 Å². The van der Waals surface area contributed by atoms with Crippen LogP contribution in [-0.4, -0.2) is 17.6 Å². The number of aliphatic hydroxyl groups is 1. The standard InChI is InChI=1S/C12H17FN2O2/c1-2-15-12(17)6-5-11(16)8-3-4-9(13)10(14)7-8/h3-4,7,11,16H,2,5-6,14H2,1H3,(H,15,17). The third-order valence-corrected chi connectivity index (χ3v) is 2.42. The zero-order valence-electron chi connectivity index (χ0n) is 9.74. The summed E-state index contributed by atoms with van der Waals surface area (Å²) >= 11 is 0. The number of carbonyl (C=O) groups excluding carboxylic acids is 1. The van der Waals surface area contributed by atoms with Gasteiger partial charge in [-0.3, -0.25) is 4.79 Å². The molecule has 94 valence electrons. The first-order valence-corrected chi connectivity index (χ1v) is 5.54. The molecule has 0 saturated heterocycles. The number of nitrogens with two attached hydrogens (primary N) is 1. The highest BCUT2D eigenvalue weighted by molar-refractivity contribution is 5.75. The van der Waals surface area contributed by atoms with E-state index in [-0.39, 0.29) is 24.4 Å². The van der Waals surface area contributed by atoms with Gasteiger partial charge >= 0.3 is 0 Å². The highest BCUT2D eigenvalue weighted by Crippen LogP contribution is 2.21. The predicted octanol–water partition coefficient (Wildman–Crippen LogP) is 1.36. The van der Waals surface area contributed by atoms with Crippen molar-refractivity contribution in [2.24, 2.45) is 0 Å². The second kappa shape index (κ2) is 6.20. The second-order valence-corrected chi connectivity index (χ2v) is 3.79. The van der Waals surface area contributed by atoms with Gasteiger partial charge in [-0.15, -0.1) is 0 Å². The molecular formula is C12H17FN2O2. The summed E-state index contributed by atoms with van der Waals surface area (Å²) in [5.41, 5.74) is 5.92. The summed E-state index contributed by atoms with van der Waals surface area (Å²) in [5.74, 6) is -0.619. The Bertz CT molecular complexity index is 396. The number of benzene rings is 1. The fourth-order valence-corrected chi connectivity index (χ4v) is 1.49. The molecule has 0 radical (unpaired) electrons. The molecule has 0 aliphatic heterocycles. The largest absolute Gasteiger partial charge is 0.396 e. The van der Waals surface area contributed by atoms with E-state index in [0.29, 0.717) is 12.1 Å². The molecule has 1 aromatic carbocycles. The molecule has 5 heteroatoms. The lowest BCUT2D eigenvalue weighted by molar-refractivity contribution is -0.121. The van der Waals surface area contributed by atoms with Gasteiger partial charge in [-0.2, -0.15) is 0 Å². The summed E-state index contributed by atoms with van der Waals surface area (Å²) in [6.45, 7) is 2.40. The quantitative estimate of drug-likeness (QED) is 0.680. The fourth-order valence-electron chi connectivity index (χ4n) is 1.49. The van der Waals surface area contributed by atoms with E-state index in [1.807, 2.05) is 6.92 Å². The number of hydrogen-bond acceptors (Lipinski definition) is 3. The van der Waals surface area contributed by atoms with Crippen LogP contribution < -0.4 is 11.1 Å². The number of anilines is 1. The van der Waals surface area contributed by atoms with E-state index in [9.17, 15) is 14.3 Å². The molecular weight excluding hydrogens is 223 g/mol. The Morgan fingerprint density at radius 1 is 1.59 bits per heavy atom. The maximum absolute atomic E-state index is 12.9. The number of carbonyl (C=O) groups is 1. The zero-order valence-corrected chi connectivity index (χ0v) is 9.74. The number of rotatable bonds is 5. The molecule has 17 heavy (non-hydrogen) atoms. The van der Waals surface area contributed by atoms with Crippen LogP contribution in [0.4, 0.5) is 10.1 Å². The molecule has 4 N–H and O–H groups in total. The van der Waals surface area contributed by atoms with Gasteiger partial charge in [0.05, 0.1) is 11.8 Å². The summed E-state index contributed by atoms with van der Waals surface area (Å²) in [5, 5.41) is 12.4. The number of aliphatic hydroxyl groups excluding tert-OH is 1. The van der Waals surface area contributed by atoms with E-state index in [1.54, 1.807) is 0 Å². The average Bonchev–Trinajstić information content (AvgIpc) is 2.30. The van der Waals surface area contributed by atoms with Crippen LogP contribution in [0.3, 0.4) is 0 Å². The van der Waals surface area contributed by atoms with Crippen molar-refractivity contribution in [2.45, 2.75) is 25.9 Å². The predicted molar refractivity (Wildman–Crippen MR) is 63.7 cm³/mol. The highest BCUT2D eigenvalue weighted by atomic mass is 19.1. The Morgan fingerprint density at radius 3 is 2.88 bits per heavy atom. The highest BCUT2D eigenvalue weighted by Gasteiger charge is 2.11. The van der Waals surface area contributed by atoms with Gasteiger partial charge in [-0.1, -0.05) is 6.07 Å². The molecule has 0 heterocycles. The molecule has 1 atom stereocenters. The summed E-state index contributed by atoms with van der Waals surface area (Å²) in [6.07, 6.45) is -0.288. The molecule has 1 aromatic rings. The summed E-state index contributed by atoms with van der Waals surface area (Å²) in [4.78, 5) is 11.2. The first-order valence-electron chi connectivity index (χ1n) is 5.54. The van der Waals surface area contributed by atoms with Gasteiger partial charge in [0.15, 0.2) is 0 Å². The molecule has 0 aliphatic carbocycles. The fraction of sp³-hybridized carbons (Fsp3) is 0.417. The number of nitrogens with one attached hydrogen (secondary N) is 1. The zero-order chi connectivity index (χ0) is 12.8. The number of hydrogen-bond donors (Lipinski definition) is 3. The minimum Gasteiger partial charge on any atom is -0.396 e. The second-order valence-electron chi connectivity index (χ2n) is 3.79. The van der Waals surface area contributed by atoms with Gasteiger partial charge in [0.1, 0.15) is 5.82 Å². The molecule has 0 spiro atoms. The Kier molecular flexibility index (Phi) is 4.90. The van der Waals surface area contributed by atoms with Crippen molar-refractivity contribution < 1.29 is 14.3 Å². The van der Waals surface area contributed by atoms with Crippen LogP contribution in [0, 0.1) is 5.82 Å². The van der Waals surface area contributed by atoms with Gasteiger partial charge in [0.2, 0.25) is 5.91 Å². The van der Waals surface area contributed by atoms with Crippen LogP contribution in [-0.2, 0) is 4.79 Å². The van der Waals surface area contributed by atoms with Crippen LogP contribution >= 0.6 is 0 Å². The summed E-state index contributed by atoms with van der Waals surface area (Å²) in [6, 6.07) is 4.06. The lowest BCUT2D eigenvalue weighted by Crippen LogP contribution is -2.22. The minimum atomic E-state index is -0.805. The van der Waals surface area contributed by atoms with Crippen molar-refractivity contribution in [3.05, 3.63) is 29.6 Å². The lowest BCUT2D eigenvalue weighted by Gasteiger charge is -2.11. The SMILES string of the molecule is CCNC(=O)CCC(O)c1ccc(F)c(N)c1. The van der Waals surface area contributed by atoms with E-state index >= 15 is 0 Å². The number of amides is 1. The van der Waals surface area contributed by atoms with Crippen molar-refractivity contribution in [2.75, 3.05) is 12.3 Å². The molecule has 0 saturated carbocycles. The van der Waals surface area contributed by atoms with Crippen molar-refractivity contribution in [1.82, 2.24) is 5.32 Å². The molecule has 0 bridgehead atoms. The molecule has 0 fully saturated rings. The topological polar surface area (TPSA) is 75.3 Å². The molecule has 4 nitrogen and oxygen atoms in total. The normalized spacial score (nSPS) is 12.2. The maximum atomic E-state index is 12.9. The molecule has 1 rings (SSSR count). The number of halogens is 1. The molecule has 1 amide bonds. The van der Waals surface area contributed by atoms with Crippen LogP contribution in [0.15, 0.2) is 18.2 Å². The molecule has 0 aromatic heterocycles. The third kappa shape index (κ3) is 4.03. The molecule has 1 unspecified atom stereocenters. The van der Waals surface area contributed by atoms with Crippen molar-refractivity contribution in [1.29, 1.82) is 0 Å². The van der Waals surface area contributed by atoms with Gasteiger partial charge in [-0.05, 0) is 31.0 Å². The number of nitrogen functional groups attached to an aromatic ring is 1. The molecule has 0 aliphatic rings. The van der Waals surface area contributed by atoms with Crippen LogP contribution in [0.25, 0.3) is 0 Å². The van der Waals surface area contributed by atoms with Crippen molar-refractivity contribution in [3.8, 4) is 0 Å². The van der Waals surface area contributed by atoms with E-state index < -0.39 is 11.9 Å². The Labute approximate surface area is 99.6 Å². The Balaban J connectivity index is 2.54. The van der Waals surface area contributed by atoms with Crippen molar-refractivity contribution in [3.63, 3.8) is 0 Å². The maximum Gasteiger partial charge on any atom is 0.220 e. The smallest absolute Gasteiger partial charge is 0.220 e. The summed E-state index contributed by atoms with van der Waals surface area (Å²) in [7, 11) is 0. The monoisotopic (exact) mass is 240 g/mol. The van der Waals surface area contributed by atoms with E-state index in [4.69, 9.17) is 5.73 Å².